The zero-order valence-electron chi connectivity index (χ0n) is 14.3. The van der Waals surface area contributed by atoms with Gasteiger partial charge in [0.1, 0.15) is 12.1 Å². The number of hydrogen-bond acceptors (Lipinski definition) is 5. The van der Waals surface area contributed by atoms with E-state index < -0.39 is 11.7 Å². The molecule has 0 unspecified atom stereocenters. The van der Waals surface area contributed by atoms with Crippen LogP contribution in [-0.2, 0) is 23.1 Å². The highest BCUT2D eigenvalue weighted by Gasteiger charge is 2.30. The number of carbonyl (C=O) groups excluding carboxylic acids is 2. The number of aromatic nitrogens is 1. The summed E-state index contributed by atoms with van der Waals surface area (Å²) in [5, 5.41) is 2.01. The quantitative estimate of drug-likeness (QED) is 0.812. The molecule has 23 heavy (non-hydrogen) atoms. The van der Waals surface area contributed by atoms with Crippen molar-refractivity contribution in [3.63, 3.8) is 0 Å². The summed E-state index contributed by atoms with van der Waals surface area (Å²) < 4.78 is 7.30. The standard InChI is InChI=1S/C15H24N4O3S/c1-15(2,3)22-14(21)19-7-6-18(12(20)9-19)8-11-10-23-13(16-4)17(11)5/h10H,6-9H2,1-5H3. The summed E-state index contributed by atoms with van der Waals surface area (Å²) in [7, 11) is 3.69. The first kappa shape index (κ1) is 17.5. The van der Waals surface area contributed by atoms with E-state index >= 15 is 0 Å². The van der Waals surface area contributed by atoms with Crippen molar-refractivity contribution in [3.8, 4) is 0 Å². The molecule has 0 aliphatic carbocycles. The highest BCUT2D eigenvalue weighted by Crippen LogP contribution is 2.14. The lowest BCUT2D eigenvalue weighted by atomic mass is 10.2. The Labute approximate surface area is 140 Å². The highest BCUT2D eigenvalue weighted by atomic mass is 32.1. The molecule has 1 aliphatic heterocycles. The maximum Gasteiger partial charge on any atom is 0.410 e. The van der Waals surface area contributed by atoms with Crippen LogP contribution in [0.4, 0.5) is 4.79 Å². The molecule has 8 heteroatoms. The molecule has 0 saturated carbocycles. The van der Waals surface area contributed by atoms with Gasteiger partial charge in [-0.2, -0.15) is 0 Å². The molecular formula is C15H24N4O3S. The van der Waals surface area contributed by atoms with Crippen molar-refractivity contribution in [2.24, 2.45) is 12.0 Å². The van der Waals surface area contributed by atoms with Gasteiger partial charge in [0, 0.05) is 38.3 Å². The Kier molecular flexibility index (Phi) is 5.13. The lowest BCUT2D eigenvalue weighted by Crippen LogP contribution is -2.52. The SMILES string of the molecule is CN=c1scc(CN2CCN(C(=O)OC(C)(C)C)CC2=O)n1C. The van der Waals surface area contributed by atoms with Crippen LogP contribution in [0.3, 0.4) is 0 Å². The van der Waals surface area contributed by atoms with Gasteiger partial charge in [0.05, 0.1) is 6.54 Å². The normalized spacial score (nSPS) is 16.9. The first-order valence-electron chi connectivity index (χ1n) is 7.53. The molecule has 0 aromatic carbocycles. The summed E-state index contributed by atoms with van der Waals surface area (Å²) in [5.41, 5.74) is 0.483. The van der Waals surface area contributed by atoms with Gasteiger partial charge in [-0.1, -0.05) is 0 Å². The fraction of sp³-hybridized carbons (Fsp3) is 0.667. The second-order valence-corrected chi connectivity index (χ2v) is 7.35. The monoisotopic (exact) mass is 340 g/mol. The average molecular weight is 340 g/mol. The van der Waals surface area contributed by atoms with Crippen LogP contribution in [0.1, 0.15) is 26.5 Å². The first-order valence-corrected chi connectivity index (χ1v) is 8.41. The zero-order valence-corrected chi connectivity index (χ0v) is 15.1. The fourth-order valence-electron chi connectivity index (χ4n) is 2.30. The maximum absolute atomic E-state index is 12.3. The van der Waals surface area contributed by atoms with Crippen LogP contribution >= 0.6 is 11.3 Å². The minimum absolute atomic E-state index is 0.0633. The number of amides is 2. The summed E-state index contributed by atoms with van der Waals surface area (Å²) in [6.07, 6.45) is -0.432. The van der Waals surface area contributed by atoms with Crippen LogP contribution in [0.25, 0.3) is 0 Å². The van der Waals surface area contributed by atoms with Gasteiger partial charge in [-0.25, -0.2) is 4.79 Å². The van der Waals surface area contributed by atoms with E-state index in [1.807, 2.05) is 37.8 Å². The predicted molar refractivity (Wildman–Crippen MR) is 88.0 cm³/mol. The lowest BCUT2D eigenvalue weighted by Gasteiger charge is -2.35. The van der Waals surface area contributed by atoms with E-state index in [0.717, 1.165) is 10.5 Å². The molecule has 1 fully saturated rings. The molecule has 0 radical (unpaired) electrons. The molecule has 0 bridgehead atoms. The van der Waals surface area contributed by atoms with Crippen molar-refractivity contribution in [1.29, 1.82) is 0 Å². The smallest absolute Gasteiger partial charge is 0.410 e. The largest absolute Gasteiger partial charge is 0.444 e. The number of hydrogen-bond donors (Lipinski definition) is 0. The Balaban J connectivity index is 1.98. The molecule has 0 N–H and O–H groups in total. The minimum Gasteiger partial charge on any atom is -0.444 e. The Morgan fingerprint density at radius 2 is 2.09 bits per heavy atom. The molecule has 2 rings (SSSR count). The van der Waals surface area contributed by atoms with Crippen molar-refractivity contribution in [2.45, 2.75) is 32.9 Å². The highest BCUT2D eigenvalue weighted by molar-refractivity contribution is 7.07. The molecule has 1 aromatic rings. The van der Waals surface area contributed by atoms with Gasteiger partial charge >= 0.3 is 6.09 Å². The number of piperazine rings is 1. The van der Waals surface area contributed by atoms with Gasteiger partial charge in [-0.05, 0) is 20.8 Å². The van der Waals surface area contributed by atoms with Gasteiger partial charge in [0.25, 0.3) is 0 Å². The summed E-state index contributed by atoms with van der Waals surface area (Å²) in [6.45, 7) is 7.03. The molecule has 128 valence electrons. The van der Waals surface area contributed by atoms with Crippen molar-refractivity contribution in [1.82, 2.24) is 14.4 Å². The van der Waals surface area contributed by atoms with Crippen molar-refractivity contribution < 1.29 is 14.3 Å². The lowest BCUT2D eigenvalue weighted by molar-refractivity contribution is -0.136. The zero-order chi connectivity index (χ0) is 17.2. The Morgan fingerprint density at radius 1 is 1.39 bits per heavy atom. The van der Waals surface area contributed by atoms with Crippen LogP contribution in [0.5, 0.6) is 0 Å². The molecule has 2 heterocycles. The molecule has 1 aromatic heterocycles. The van der Waals surface area contributed by atoms with Crippen LogP contribution in [0.2, 0.25) is 0 Å². The van der Waals surface area contributed by atoms with Crippen molar-refractivity contribution in [3.05, 3.63) is 15.9 Å². The number of thiazole rings is 1. The molecule has 7 nitrogen and oxygen atoms in total. The molecule has 0 atom stereocenters. The average Bonchev–Trinajstić information content (AvgIpc) is 2.79. The minimum atomic E-state index is -0.554. The fourth-order valence-corrected chi connectivity index (χ4v) is 3.16. The van der Waals surface area contributed by atoms with Crippen LogP contribution in [-0.4, -0.2) is 58.7 Å². The van der Waals surface area contributed by atoms with Crippen LogP contribution < -0.4 is 4.80 Å². The number of rotatable bonds is 2. The first-order chi connectivity index (χ1) is 10.7. The third-order valence-corrected chi connectivity index (χ3v) is 4.59. The third kappa shape index (κ3) is 4.34. The summed E-state index contributed by atoms with van der Waals surface area (Å²) in [4.78, 5) is 32.7. The molecular weight excluding hydrogens is 316 g/mol. The number of nitrogens with zero attached hydrogens (tertiary/aromatic N) is 4. The summed E-state index contributed by atoms with van der Waals surface area (Å²) >= 11 is 1.55. The van der Waals surface area contributed by atoms with E-state index in [1.165, 1.54) is 4.90 Å². The van der Waals surface area contributed by atoms with Gasteiger partial charge in [-0.3, -0.25) is 14.7 Å². The van der Waals surface area contributed by atoms with Gasteiger partial charge in [0.2, 0.25) is 5.91 Å². The van der Waals surface area contributed by atoms with Crippen LogP contribution in [0, 0.1) is 0 Å². The molecule has 1 saturated heterocycles. The van der Waals surface area contributed by atoms with E-state index in [-0.39, 0.29) is 12.5 Å². The Hall–Kier alpha value is -1.83. The van der Waals surface area contributed by atoms with E-state index in [9.17, 15) is 9.59 Å². The predicted octanol–water partition coefficient (Wildman–Crippen LogP) is 1.20. The maximum atomic E-state index is 12.3. The van der Waals surface area contributed by atoms with E-state index in [4.69, 9.17) is 4.74 Å². The van der Waals surface area contributed by atoms with Gasteiger partial charge < -0.3 is 14.2 Å². The molecule has 1 aliphatic rings. The van der Waals surface area contributed by atoms with E-state index in [0.29, 0.717) is 19.6 Å². The number of carbonyl (C=O) groups is 2. The molecule has 2 amide bonds. The van der Waals surface area contributed by atoms with Crippen molar-refractivity contribution in [2.75, 3.05) is 26.7 Å². The van der Waals surface area contributed by atoms with E-state index in [1.54, 1.807) is 23.3 Å². The summed E-state index contributed by atoms with van der Waals surface area (Å²) in [6, 6.07) is 0. The Morgan fingerprint density at radius 3 is 2.61 bits per heavy atom. The second kappa shape index (κ2) is 6.74. The van der Waals surface area contributed by atoms with Gasteiger partial charge in [0.15, 0.2) is 4.80 Å². The van der Waals surface area contributed by atoms with Gasteiger partial charge in [-0.15, -0.1) is 11.3 Å². The third-order valence-electron chi connectivity index (χ3n) is 3.53. The van der Waals surface area contributed by atoms with E-state index in [2.05, 4.69) is 4.99 Å². The van der Waals surface area contributed by atoms with Crippen LogP contribution in [0.15, 0.2) is 10.4 Å². The topological polar surface area (TPSA) is 67.1 Å². The Bertz CT molecular complexity index is 656. The van der Waals surface area contributed by atoms with Crippen molar-refractivity contribution >= 4 is 23.3 Å². The second-order valence-electron chi connectivity index (χ2n) is 6.51. The summed E-state index contributed by atoms with van der Waals surface area (Å²) in [5.74, 6) is -0.0664. The number of ether oxygens (including phenoxy) is 1. The molecule has 0 spiro atoms.